The number of nitrogens with one attached hydrogen (secondary N) is 3. The van der Waals surface area contributed by atoms with E-state index < -0.39 is 0 Å². The van der Waals surface area contributed by atoms with Gasteiger partial charge in [-0.15, -0.1) is 0 Å². The Hall–Kier alpha value is -2.25. The van der Waals surface area contributed by atoms with Crippen molar-refractivity contribution in [1.82, 2.24) is 15.7 Å². The van der Waals surface area contributed by atoms with E-state index in [9.17, 15) is 4.79 Å². The quantitative estimate of drug-likeness (QED) is 0.332. The summed E-state index contributed by atoms with van der Waals surface area (Å²) in [6, 6.07) is 9.34. The lowest BCUT2D eigenvalue weighted by Crippen LogP contribution is -2.34. The number of hydrazone groups is 1. The molecule has 0 saturated heterocycles. The molecule has 1 aromatic heterocycles. The van der Waals surface area contributed by atoms with Crippen LogP contribution < -0.4 is 16.3 Å². The fraction of sp³-hybridized carbons (Fsp3) is 0.214. The van der Waals surface area contributed by atoms with Gasteiger partial charge in [-0.1, -0.05) is 18.2 Å². The van der Waals surface area contributed by atoms with Gasteiger partial charge >= 0.3 is 0 Å². The summed E-state index contributed by atoms with van der Waals surface area (Å²) in [5, 5.41) is 8.18. The highest BCUT2D eigenvalue weighted by molar-refractivity contribution is 7.80. The number of nitrogens with zero attached hydrogens (tertiary/aromatic N) is 1. The lowest BCUT2D eigenvalue weighted by molar-refractivity contribution is 0.204. The van der Waals surface area contributed by atoms with Crippen LogP contribution in [-0.2, 0) is 4.74 Å². The average molecular weight is 304 g/mol. The number of hydrogen-bond donors (Lipinski definition) is 3. The van der Waals surface area contributed by atoms with Crippen molar-refractivity contribution < 1.29 is 4.74 Å². The molecule has 0 unspecified atom stereocenters. The molecule has 7 heteroatoms. The lowest BCUT2D eigenvalue weighted by Gasteiger charge is -2.05. The van der Waals surface area contributed by atoms with Crippen molar-refractivity contribution in [2.75, 3.05) is 20.3 Å². The molecule has 0 aliphatic carbocycles. The molecule has 0 atom stereocenters. The molecule has 21 heavy (non-hydrogen) atoms. The first-order chi connectivity index (χ1) is 10.2. The molecular weight excluding hydrogens is 288 g/mol. The number of hydrogen-bond acceptors (Lipinski definition) is 4. The summed E-state index contributed by atoms with van der Waals surface area (Å²) in [5.41, 5.74) is 3.70. The zero-order valence-corrected chi connectivity index (χ0v) is 12.4. The number of aromatic amines is 1. The Kier molecular flexibility index (Phi) is 5.42. The molecule has 1 heterocycles. The van der Waals surface area contributed by atoms with E-state index in [1.165, 1.54) is 6.21 Å². The maximum absolute atomic E-state index is 11.9. The Bertz CT molecular complexity index is 711. The molecule has 0 radical (unpaired) electrons. The average Bonchev–Trinajstić information content (AvgIpc) is 2.48. The van der Waals surface area contributed by atoms with Gasteiger partial charge in [-0.25, -0.2) is 0 Å². The predicted molar refractivity (Wildman–Crippen MR) is 87.8 cm³/mol. The topological polar surface area (TPSA) is 78.5 Å². The van der Waals surface area contributed by atoms with Crippen LogP contribution in [0.2, 0.25) is 0 Å². The predicted octanol–water partition coefficient (Wildman–Crippen LogP) is 0.972. The monoisotopic (exact) mass is 304 g/mol. The van der Waals surface area contributed by atoms with Crippen molar-refractivity contribution in [2.24, 2.45) is 5.10 Å². The van der Waals surface area contributed by atoms with Gasteiger partial charge in [0.15, 0.2) is 5.11 Å². The van der Waals surface area contributed by atoms with E-state index >= 15 is 0 Å². The maximum Gasteiger partial charge on any atom is 0.257 e. The number of aromatic nitrogens is 1. The molecule has 3 N–H and O–H groups in total. The highest BCUT2D eigenvalue weighted by Crippen LogP contribution is 2.08. The van der Waals surface area contributed by atoms with Gasteiger partial charge in [-0.3, -0.25) is 10.2 Å². The number of benzene rings is 1. The van der Waals surface area contributed by atoms with Gasteiger partial charge in [0.05, 0.1) is 18.4 Å². The minimum atomic E-state index is -0.197. The van der Waals surface area contributed by atoms with E-state index in [-0.39, 0.29) is 5.56 Å². The van der Waals surface area contributed by atoms with Crippen molar-refractivity contribution in [1.29, 1.82) is 0 Å². The van der Waals surface area contributed by atoms with Crippen molar-refractivity contribution >= 4 is 34.4 Å². The molecule has 2 aromatic rings. The first-order valence-electron chi connectivity index (χ1n) is 6.38. The third kappa shape index (κ3) is 4.37. The molecule has 0 bridgehead atoms. The Balaban J connectivity index is 2.02. The zero-order valence-electron chi connectivity index (χ0n) is 11.6. The van der Waals surface area contributed by atoms with Gasteiger partial charge in [-0.05, 0) is 29.7 Å². The van der Waals surface area contributed by atoms with Gasteiger partial charge in [-0.2, -0.15) is 5.10 Å². The van der Waals surface area contributed by atoms with E-state index in [4.69, 9.17) is 17.0 Å². The lowest BCUT2D eigenvalue weighted by atomic mass is 10.2. The van der Waals surface area contributed by atoms with Crippen molar-refractivity contribution in [3.8, 4) is 0 Å². The molecular formula is C14H16N4O2S. The van der Waals surface area contributed by atoms with Crippen LogP contribution in [0.3, 0.4) is 0 Å². The second-order valence-corrected chi connectivity index (χ2v) is 4.67. The fourth-order valence-corrected chi connectivity index (χ4v) is 1.88. The molecule has 0 saturated carbocycles. The normalized spacial score (nSPS) is 10.9. The Morgan fingerprint density at radius 1 is 1.48 bits per heavy atom. The molecule has 2 rings (SSSR count). The minimum absolute atomic E-state index is 0.197. The maximum atomic E-state index is 11.9. The number of thiocarbonyl (C=S) groups is 1. The summed E-state index contributed by atoms with van der Waals surface area (Å²) in [6.07, 6.45) is 1.44. The molecule has 0 fully saturated rings. The first kappa shape index (κ1) is 15.1. The Labute approximate surface area is 127 Å². The van der Waals surface area contributed by atoms with Crippen LogP contribution in [-0.4, -0.2) is 36.6 Å². The van der Waals surface area contributed by atoms with Gasteiger partial charge in [0, 0.05) is 19.2 Å². The number of pyridine rings is 1. The first-order valence-corrected chi connectivity index (χ1v) is 6.79. The van der Waals surface area contributed by atoms with Crippen LogP contribution in [0.1, 0.15) is 5.56 Å². The standard InChI is InChI=1S/C14H16N4O2S/c1-20-7-6-15-14(21)18-16-9-11-8-10-4-2-3-5-12(10)17-13(11)19/h2-5,8-9H,6-7H2,1H3,(H,17,19)(H2,15,18,21)/b16-9+. The van der Waals surface area contributed by atoms with E-state index in [1.54, 1.807) is 13.2 Å². The largest absolute Gasteiger partial charge is 0.383 e. The molecule has 6 nitrogen and oxygen atoms in total. The van der Waals surface area contributed by atoms with Crippen molar-refractivity contribution in [2.45, 2.75) is 0 Å². The number of para-hydroxylation sites is 1. The molecule has 110 valence electrons. The Morgan fingerprint density at radius 2 is 2.29 bits per heavy atom. The van der Waals surface area contributed by atoms with Crippen LogP contribution in [0.5, 0.6) is 0 Å². The molecule has 0 aliphatic heterocycles. The van der Waals surface area contributed by atoms with Crippen molar-refractivity contribution in [3.05, 3.63) is 46.2 Å². The minimum Gasteiger partial charge on any atom is -0.383 e. The van der Waals surface area contributed by atoms with E-state index in [0.29, 0.717) is 23.8 Å². The third-order valence-corrected chi connectivity index (χ3v) is 2.98. The van der Waals surface area contributed by atoms with E-state index in [1.807, 2.05) is 24.3 Å². The van der Waals surface area contributed by atoms with E-state index in [2.05, 4.69) is 20.8 Å². The smallest absolute Gasteiger partial charge is 0.257 e. The second kappa shape index (κ2) is 7.51. The van der Waals surface area contributed by atoms with Crippen molar-refractivity contribution in [3.63, 3.8) is 0 Å². The van der Waals surface area contributed by atoms with Crippen LogP contribution in [0.4, 0.5) is 0 Å². The Morgan fingerprint density at radius 3 is 3.10 bits per heavy atom. The fourth-order valence-electron chi connectivity index (χ4n) is 1.73. The van der Waals surface area contributed by atoms with Crippen LogP contribution in [0.15, 0.2) is 40.2 Å². The van der Waals surface area contributed by atoms with Gasteiger partial charge < -0.3 is 15.0 Å². The van der Waals surface area contributed by atoms with Crippen LogP contribution in [0.25, 0.3) is 10.9 Å². The number of rotatable bonds is 5. The summed E-state index contributed by atoms with van der Waals surface area (Å²) < 4.78 is 4.89. The number of H-pyrrole nitrogens is 1. The van der Waals surface area contributed by atoms with Gasteiger partial charge in [0.1, 0.15) is 0 Å². The number of ether oxygens (including phenoxy) is 1. The van der Waals surface area contributed by atoms with E-state index in [0.717, 1.165) is 10.9 Å². The summed E-state index contributed by atoms with van der Waals surface area (Å²) in [6.45, 7) is 1.14. The number of fused-ring (bicyclic) bond motifs is 1. The van der Waals surface area contributed by atoms with Gasteiger partial charge in [0.2, 0.25) is 0 Å². The zero-order chi connectivity index (χ0) is 15.1. The molecule has 0 amide bonds. The molecule has 1 aromatic carbocycles. The second-order valence-electron chi connectivity index (χ2n) is 4.26. The summed E-state index contributed by atoms with van der Waals surface area (Å²) in [4.78, 5) is 14.7. The summed E-state index contributed by atoms with van der Waals surface area (Å²) in [5.74, 6) is 0. The van der Waals surface area contributed by atoms with Crippen LogP contribution >= 0.6 is 12.2 Å². The van der Waals surface area contributed by atoms with Crippen LogP contribution in [0, 0.1) is 0 Å². The highest BCUT2D eigenvalue weighted by atomic mass is 32.1. The summed E-state index contributed by atoms with van der Waals surface area (Å²) >= 11 is 5.02. The SMILES string of the molecule is COCCNC(=S)N/N=C/c1cc2ccccc2[nH]c1=O. The molecule has 0 aliphatic rings. The molecule has 0 spiro atoms. The third-order valence-electron chi connectivity index (χ3n) is 2.74. The number of methoxy groups -OCH3 is 1. The highest BCUT2D eigenvalue weighted by Gasteiger charge is 2.00. The summed E-state index contributed by atoms with van der Waals surface area (Å²) in [7, 11) is 1.61. The van der Waals surface area contributed by atoms with Gasteiger partial charge in [0.25, 0.3) is 5.56 Å².